The third kappa shape index (κ3) is 7.51. The van der Waals surface area contributed by atoms with Gasteiger partial charge in [0, 0.05) is 10.2 Å². The van der Waals surface area contributed by atoms with E-state index in [1.165, 1.54) is 0 Å². The Bertz CT molecular complexity index is 1470. The van der Waals surface area contributed by atoms with Gasteiger partial charge in [0.2, 0.25) is 5.91 Å². The standard InChI is InChI=1S/C29H26BrN3O6S/c1-3-38-24-14-19(10-13-23(24)39-17-27(35)31-20-11-8-18(2)9-12-20)15-25-28(36)33(29(37)40-25)16-26(34)32-22-7-5-4-6-21(22)30/h4-15H,3,16-17H2,1-2H3,(H,31,35)(H,32,34)/b25-15-. The first-order valence-electron chi connectivity index (χ1n) is 12.3. The molecule has 0 unspecified atom stereocenters. The lowest BCUT2D eigenvalue weighted by Crippen LogP contribution is -2.36. The van der Waals surface area contributed by atoms with Crippen molar-refractivity contribution in [2.45, 2.75) is 13.8 Å². The molecule has 1 saturated heterocycles. The highest BCUT2D eigenvalue weighted by Gasteiger charge is 2.36. The van der Waals surface area contributed by atoms with Crippen molar-refractivity contribution >= 4 is 68.1 Å². The predicted molar refractivity (Wildman–Crippen MR) is 158 cm³/mol. The smallest absolute Gasteiger partial charge is 0.294 e. The highest BCUT2D eigenvalue weighted by molar-refractivity contribution is 9.10. The van der Waals surface area contributed by atoms with Crippen molar-refractivity contribution in [2.75, 3.05) is 30.4 Å². The summed E-state index contributed by atoms with van der Waals surface area (Å²) in [6.45, 7) is 3.48. The van der Waals surface area contributed by atoms with Gasteiger partial charge in [0.1, 0.15) is 6.54 Å². The van der Waals surface area contributed by atoms with Crippen LogP contribution in [0.3, 0.4) is 0 Å². The summed E-state index contributed by atoms with van der Waals surface area (Å²) in [5, 5.41) is 4.92. The maximum atomic E-state index is 12.9. The molecule has 0 spiro atoms. The second kappa shape index (κ2) is 13.3. The summed E-state index contributed by atoms with van der Waals surface area (Å²) < 4.78 is 12.1. The van der Waals surface area contributed by atoms with Crippen LogP contribution in [0.15, 0.2) is 76.1 Å². The molecule has 40 heavy (non-hydrogen) atoms. The quantitative estimate of drug-likeness (QED) is 0.272. The lowest BCUT2D eigenvalue weighted by Gasteiger charge is -2.13. The van der Waals surface area contributed by atoms with Gasteiger partial charge in [-0.3, -0.25) is 24.1 Å². The van der Waals surface area contributed by atoms with Crippen LogP contribution in [-0.4, -0.2) is 47.6 Å². The van der Waals surface area contributed by atoms with Crippen LogP contribution in [0, 0.1) is 6.92 Å². The normalized spacial score (nSPS) is 13.9. The number of anilines is 2. The molecule has 0 aliphatic carbocycles. The molecule has 2 N–H and O–H groups in total. The molecule has 1 heterocycles. The van der Waals surface area contributed by atoms with Crippen molar-refractivity contribution in [3.05, 3.63) is 87.2 Å². The Morgan fingerprint density at radius 3 is 2.42 bits per heavy atom. The number of nitrogens with zero attached hydrogens (tertiary/aromatic N) is 1. The first kappa shape index (κ1) is 28.9. The Balaban J connectivity index is 1.40. The van der Waals surface area contributed by atoms with Crippen LogP contribution in [-0.2, 0) is 14.4 Å². The molecule has 4 amide bonds. The van der Waals surface area contributed by atoms with E-state index in [0.717, 1.165) is 22.2 Å². The van der Waals surface area contributed by atoms with E-state index in [9.17, 15) is 19.2 Å². The van der Waals surface area contributed by atoms with E-state index < -0.39 is 23.6 Å². The fraction of sp³-hybridized carbons (Fsp3) is 0.172. The number of ether oxygens (including phenoxy) is 2. The molecule has 1 aliphatic heterocycles. The molecule has 11 heteroatoms. The number of imide groups is 1. The van der Waals surface area contributed by atoms with E-state index in [0.29, 0.717) is 39.5 Å². The van der Waals surface area contributed by atoms with E-state index in [2.05, 4.69) is 26.6 Å². The van der Waals surface area contributed by atoms with Crippen molar-refractivity contribution in [1.29, 1.82) is 0 Å². The van der Waals surface area contributed by atoms with E-state index in [-0.39, 0.29) is 17.4 Å². The third-order valence-corrected chi connectivity index (χ3v) is 7.18. The molecule has 206 valence electrons. The van der Waals surface area contributed by atoms with Gasteiger partial charge in [-0.25, -0.2) is 0 Å². The second-order valence-electron chi connectivity index (χ2n) is 8.64. The zero-order valence-electron chi connectivity index (χ0n) is 21.7. The molecule has 9 nitrogen and oxygen atoms in total. The first-order valence-corrected chi connectivity index (χ1v) is 13.9. The lowest BCUT2D eigenvalue weighted by atomic mass is 10.2. The molecule has 0 bridgehead atoms. The highest BCUT2D eigenvalue weighted by Crippen LogP contribution is 2.35. The van der Waals surface area contributed by atoms with Crippen LogP contribution in [0.4, 0.5) is 16.2 Å². The maximum Gasteiger partial charge on any atom is 0.294 e. The molecule has 1 aliphatic rings. The van der Waals surface area contributed by atoms with E-state index >= 15 is 0 Å². The average Bonchev–Trinajstić information content (AvgIpc) is 3.18. The molecular weight excluding hydrogens is 598 g/mol. The van der Waals surface area contributed by atoms with Crippen molar-refractivity contribution in [1.82, 2.24) is 4.90 Å². The van der Waals surface area contributed by atoms with Gasteiger partial charge in [-0.15, -0.1) is 0 Å². The third-order valence-electron chi connectivity index (χ3n) is 5.58. The van der Waals surface area contributed by atoms with Crippen molar-refractivity contribution in [3.63, 3.8) is 0 Å². The summed E-state index contributed by atoms with van der Waals surface area (Å²) >= 11 is 4.10. The van der Waals surface area contributed by atoms with Crippen LogP contribution in [0.25, 0.3) is 6.08 Å². The summed E-state index contributed by atoms with van der Waals surface area (Å²) in [6.07, 6.45) is 1.55. The summed E-state index contributed by atoms with van der Waals surface area (Å²) in [7, 11) is 0. The minimum Gasteiger partial charge on any atom is -0.490 e. The van der Waals surface area contributed by atoms with Crippen LogP contribution in [0.2, 0.25) is 0 Å². The largest absolute Gasteiger partial charge is 0.490 e. The number of thioether (sulfide) groups is 1. The van der Waals surface area contributed by atoms with Crippen molar-refractivity contribution in [2.24, 2.45) is 0 Å². The number of benzene rings is 3. The van der Waals surface area contributed by atoms with Gasteiger partial charge in [0.15, 0.2) is 18.1 Å². The Morgan fingerprint density at radius 1 is 0.950 bits per heavy atom. The maximum absolute atomic E-state index is 12.9. The molecular formula is C29H26BrN3O6S. The number of aryl methyl sites for hydroxylation is 1. The highest BCUT2D eigenvalue weighted by atomic mass is 79.9. The number of hydrogen-bond donors (Lipinski definition) is 2. The molecule has 3 aromatic carbocycles. The molecule has 0 atom stereocenters. The van der Waals surface area contributed by atoms with Crippen molar-refractivity contribution < 1.29 is 28.7 Å². The van der Waals surface area contributed by atoms with Gasteiger partial charge in [0.25, 0.3) is 17.1 Å². The summed E-state index contributed by atoms with van der Waals surface area (Å²) in [5.74, 6) is -0.653. The van der Waals surface area contributed by atoms with Crippen LogP contribution >= 0.6 is 27.7 Å². The minimum atomic E-state index is -0.566. The average molecular weight is 625 g/mol. The Labute approximate surface area is 244 Å². The van der Waals surface area contributed by atoms with Gasteiger partial charge < -0.3 is 20.1 Å². The number of carbonyl (C=O) groups excluding carboxylic acids is 4. The number of amides is 4. The van der Waals surface area contributed by atoms with Gasteiger partial charge in [-0.1, -0.05) is 35.9 Å². The predicted octanol–water partition coefficient (Wildman–Crippen LogP) is 5.85. The SMILES string of the molecule is CCOc1cc(/C=C2\SC(=O)N(CC(=O)Nc3ccccc3Br)C2=O)ccc1OCC(=O)Nc1ccc(C)cc1. The Hall–Kier alpha value is -4.09. The van der Waals surface area contributed by atoms with Crippen LogP contribution in [0.5, 0.6) is 11.5 Å². The molecule has 1 fully saturated rings. The van der Waals surface area contributed by atoms with Gasteiger partial charge >= 0.3 is 0 Å². The van der Waals surface area contributed by atoms with E-state index in [1.54, 1.807) is 48.5 Å². The van der Waals surface area contributed by atoms with Crippen LogP contribution in [0.1, 0.15) is 18.1 Å². The fourth-order valence-corrected chi connectivity index (χ4v) is 4.89. The summed E-state index contributed by atoms with van der Waals surface area (Å²) in [4.78, 5) is 51.3. The summed E-state index contributed by atoms with van der Waals surface area (Å²) in [6, 6.07) is 19.4. The molecule has 3 aromatic rings. The topological polar surface area (TPSA) is 114 Å². The number of halogens is 1. The number of hydrogen-bond acceptors (Lipinski definition) is 7. The van der Waals surface area contributed by atoms with Gasteiger partial charge in [-0.05, 0) is 89.6 Å². The Kier molecular flexibility index (Phi) is 9.62. The molecule has 0 radical (unpaired) electrons. The number of para-hydroxylation sites is 1. The van der Waals surface area contributed by atoms with Crippen LogP contribution < -0.4 is 20.1 Å². The zero-order chi connectivity index (χ0) is 28.6. The lowest BCUT2D eigenvalue weighted by molar-refractivity contribution is -0.127. The van der Waals surface area contributed by atoms with Crippen molar-refractivity contribution in [3.8, 4) is 11.5 Å². The van der Waals surface area contributed by atoms with E-state index in [4.69, 9.17) is 9.47 Å². The fourth-order valence-electron chi connectivity index (χ4n) is 3.66. The van der Waals surface area contributed by atoms with E-state index in [1.807, 2.05) is 38.1 Å². The number of nitrogens with one attached hydrogen (secondary N) is 2. The summed E-state index contributed by atoms with van der Waals surface area (Å²) in [5.41, 5.74) is 2.87. The second-order valence-corrected chi connectivity index (χ2v) is 10.5. The molecule has 4 rings (SSSR count). The Morgan fingerprint density at radius 2 is 1.70 bits per heavy atom. The van der Waals surface area contributed by atoms with Gasteiger partial charge in [-0.2, -0.15) is 0 Å². The first-order chi connectivity index (χ1) is 19.2. The minimum absolute atomic E-state index is 0.173. The number of rotatable bonds is 10. The molecule has 0 saturated carbocycles. The van der Waals surface area contributed by atoms with Gasteiger partial charge in [0.05, 0.1) is 17.2 Å². The molecule has 0 aromatic heterocycles. The number of carbonyl (C=O) groups is 4. The zero-order valence-corrected chi connectivity index (χ0v) is 24.1. The monoisotopic (exact) mass is 623 g/mol.